The van der Waals surface area contributed by atoms with Gasteiger partial charge in [-0.05, 0) is 25.0 Å². The van der Waals surface area contributed by atoms with Crippen molar-refractivity contribution in [2.45, 2.75) is 23.8 Å². The molecule has 94 valence electrons. The second kappa shape index (κ2) is 5.26. The number of hydrogen-bond donors (Lipinski definition) is 0. The van der Waals surface area contributed by atoms with Crippen LogP contribution in [0.1, 0.15) is 12.8 Å². The van der Waals surface area contributed by atoms with Gasteiger partial charge in [-0.15, -0.1) is 0 Å². The summed E-state index contributed by atoms with van der Waals surface area (Å²) in [7, 11) is -3.46. The van der Waals surface area contributed by atoms with Gasteiger partial charge in [0, 0.05) is 17.9 Å². The predicted molar refractivity (Wildman–Crippen MR) is 72.2 cm³/mol. The lowest BCUT2D eigenvalue weighted by molar-refractivity contribution is 0.414. The van der Waals surface area contributed by atoms with Crippen LogP contribution in [0, 0.1) is 0 Å². The summed E-state index contributed by atoms with van der Waals surface area (Å²) < 4.78 is 26.4. The van der Waals surface area contributed by atoms with Gasteiger partial charge in [-0.25, -0.2) is 8.42 Å². The maximum absolute atomic E-state index is 12.4. The van der Waals surface area contributed by atoms with E-state index < -0.39 is 10.0 Å². The van der Waals surface area contributed by atoms with E-state index >= 15 is 0 Å². The van der Waals surface area contributed by atoms with Crippen LogP contribution < -0.4 is 0 Å². The Balaban J connectivity index is 2.40. The lowest BCUT2D eigenvalue weighted by Crippen LogP contribution is -2.36. The number of sulfonamides is 1. The van der Waals surface area contributed by atoms with Crippen molar-refractivity contribution >= 4 is 37.6 Å². The minimum Gasteiger partial charge on any atom is -0.207 e. The fourth-order valence-electron chi connectivity index (χ4n) is 2.06. The molecule has 1 aliphatic rings. The number of nitrogens with zero attached hydrogens (tertiary/aromatic N) is 1. The van der Waals surface area contributed by atoms with E-state index in [1.54, 1.807) is 28.6 Å². The quantitative estimate of drug-likeness (QED) is 0.795. The van der Waals surface area contributed by atoms with Gasteiger partial charge >= 0.3 is 0 Å². The van der Waals surface area contributed by atoms with Crippen molar-refractivity contribution in [2.75, 3.05) is 11.9 Å². The number of hydrogen-bond acceptors (Lipinski definition) is 2. The Hall–Kier alpha value is -0.100. The lowest BCUT2D eigenvalue weighted by atomic mass is 10.3. The van der Waals surface area contributed by atoms with Gasteiger partial charge in [-0.1, -0.05) is 39.7 Å². The van der Waals surface area contributed by atoms with Gasteiger partial charge in [-0.2, -0.15) is 4.31 Å². The van der Waals surface area contributed by atoms with Crippen LogP contribution in [0.3, 0.4) is 0 Å². The molecule has 1 aliphatic heterocycles. The van der Waals surface area contributed by atoms with Crippen LogP contribution in [0.4, 0.5) is 0 Å². The van der Waals surface area contributed by atoms with E-state index in [0.717, 1.165) is 12.8 Å². The molecule has 1 unspecified atom stereocenters. The fourth-order valence-corrected chi connectivity index (χ4v) is 5.11. The number of benzene rings is 1. The monoisotopic (exact) mass is 337 g/mol. The van der Waals surface area contributed by atoms with E-state index in [1.807, 2.05) is 0 Å². The Morgan fingerprint density at radius 2 is 2.12 bits per heavy atom. The van der Waals surface area contributed by atoms with Gasteiger partial charge in [0.05, 0.1) is 5.02 Å². The Kier molecular flexibility index (Phi) is 4.13. The summed E-state index contributed by atoms with van der Waals surface area (Å²) in [5, 5.41) is 0.948. The molecule has 3 nitrogen and oxygen atoms in total. The van der Waals surface area contributed by atoms with Crippen molar-refractivity contribution in [1.29, 1.82) is 0 Å². The number of rotatable bonds is 3. The molecule has 1 saturated heterocycles. The van der Waals surface area contributed by atoms with Gasteiger partial charge in [0.1, 0.15) is 4.90 Å². The molecule has 1 aromatic rings. The number of halogens is 2. The van der Waals surface area contributed by atoms with E-state index in [9.17, 15) is 8.42 Å². The van der Waals surface area contributed by atoms with Crippen molar-refractivity contribution in [2.24, 2.45) is 0 Å². The van der Waals surface area contributed by atoms with E-state index in [-0.39, 0.29) is 16.0 Å². The minimum atomic E-state index is -3.46. The molecule has 1 atom stereocenters. The zero-order valence-electron chi connectivity index (χ0n) is 9.14. The molecule has 6 heteroatoms. The molecule has 1 fully saturated rings. The summed E-state index contributed by atoms with van der Waals surface area (Å²) in [6.45, 7) is 0.573. The third-order valence-electron chi connectivity index (χ3n) is 2.92. The van der Waals surface area contributed by atoms with Crippen LogP contribution in [-0.4, -0.2) is 30.6 Å². The SMILES string of the molecule is O=S(=O)(c1ccccc1Cl)N1CCCC1CBr. The summed E-state index contributed by atoms with van der Waals surface area (Å²) in [6.07, 6.45) is 1.80. The molecular formula is C11H13BrClNO2S. The summed E-state index contributed by atoms with van der Waals surface area (Å²) >= 11 is 9.32. The Morgan fingerprint density at radius 3 is 2.76 bits per heavy atom. The Morgan fingerprint density at radius 1 is 1.41 bits per heavy atom. The second-order valence-corrected chi connectivity index (χ2v) is 6.91. The Labute approximate surface area is 115 Å². The molecule has 0 N–H and O–H groups in total. The van der Waals surface area contributed by atoms with Crippen LogP contribution in [0.5, 0.6) is 0 Å². The third kappa shape index (κ3) is 2.52. The Bertz CT molecular complexity index is 506. The first-order valence-corrected chi connectivity index (χ1v) is 8.33. The van der Waals surface area contributed by atoms with Crippen LogP contribution in [0.15, 0.2) is 29.2 Å². The summed E-state index contributed by atoms with van der Waals surface area (Å²) in [5.41, 5.74) is 0. The van der Waals surface area contributed by atoms with Gasteiger partial charge in [0.2, 0.25) is 10.0 Å². The van der Waals surface area contributed by atoms with E-state index in [1.165, 1.54) is 0 Å². The molecule has 0 bridgehead atoms. The van der Waals surface area contributed by atoms with Crippen molar-refractivity contribution in [3.63, 3.8) is 0 Å². The first-order valence-electron chi connectivity index (χ1n) is 5.39. The normalized spacial score (nSPS) is 21.9. The molecule has 0 aromatic heterocycles. The highest BCUT2D eigenvalue weighted by atomic mass is 79.9. The highest BCUT2D eigenvalue weighted by Gasteiger charge is 2.35. The van der Waals surface area contributed by atoms with Gasteiger partial charge in [-0.3, -0.25) is 0 Å². The molecule has 17 heavy (non-hydrogen) atoms. The topological polar surface area (TPSA) is 37.4 Å². The van der Waals surface area contributed by atoms with Crippen molar-refractivity contribution in [3.05, 3.63) is 29.3 Å². The molecule has 2 rings (SSSR count). The molecule has 0 aliphatic carbocycles. The van der Waals surface area contributed by atoms with Crippen LogP contribution in [-0.2, 0) is 10.0 Å². The highest BCUT2D eigenvalue weighted by molar-refractivity contribution is 9.09. The summed E-state index contributed by atoms with van der Waals surface area (Å²) in [5.74, 6) is 0. The van der Waals surface area contributed by atoms with Gasteiger partial charge in [0.25, 0.3) is 0 Å². The molecule has 0 radical (unpaired) electrons. The third-order valence-corrected chi connectivity index (χ3v) is 6.12. The van der Waals surface area contributed by atoms with Crippen LogP contribution >= 0.6 is 27.5 Å². The van der Waals surface area contributed by atoms with Crippen LogP contribution in [0.25, 0.3) is 0 Å². The minimum absolute atomic E-state index is 0.0382. The van der Waals surface area contributed by atoms with E-state index in [2.05, 4.69) is 15.9 Å². The molecular weight excluding hydrogens is 326 g/mol. The maximum atomic E-state index is 12.4. The fraction of sp³-hybridized carbons (Fsp3) is 0.455. The molecule has 1 aromatic carbocycles. The largest absolute Gasteiger partial charge is 0.244 e. The molecule has 1 heterocycles. The number of alkyl halides is 1. The van der Waals surface area contributed by atoms with Crippen molar-refractivity contribution in [1.82, 2.24) is 4.31 Å². The lowest BCUT2D eigenvalue weighted by Gasteiger charge is -2.22. The first kappa shape index (κ1) is 13.3. The smallest absolute Gasteiger partial charge is 0.207 e. The zero-order valence-corrected chi connectivity index (χ0v) is 12.3. The summed E-state index contributed by atoms with van der Waals surface area (Å²) in [6, 6.07) is 6.62. The molecule has 0 amide bonds. The average molecular weight is 339 g/mol. The first-order chi connectivity index (χ1) is 8.07. The molecule has 0 saturated carbocycles. The predicted octanol–water partition coefficient (Wildman–Crippen LogP) is 2.89. The van der Waals surface area contributed by atoms with Gasteiger partial charge < -0.3 is 0 Å². The molecule has 0 spiro atoms. The van der Waals surface area contributed by atoms with Crippen LogP contribution in [0.2, 0.25) is 5.02 Å². The summed E-state index contributed by atoms with van der Waals surface area (Å²) in [4.78, 5) is 0.203. The van der Waals surface area contributed by atoms with Crippen molar-refractivity contribution in [3.8, 4) is 0 Å². The standard InChI is InChI=1S/C11H13BrClNO2S/c12-8-9-4-3-7-14(9)17(15,16)11-6-2-1-5-10(11)13/h1-2,5-6,9H,3-4,7-8H2. The zero-order chi connectivity index (χ0) is 12.5. The second-order valence-electron chi connectivity index (χ2n) is 4.00. The van der Waals surface area contributed by atoms with Crippen molar-refractivity contribution < 1.29 is 8.42 Å². The van der Waals surface area contributed by atoms with E-state index in [0.29, 0.717) is 11.9 Å². The highest BCUT2D eigenvalue weighted by Crippen LogP contribution is 2.30. The average Bonchev–Trinajstić information content (AvgIpc) is 2.78. The van der Waals surface area contributed by atoms with Gasteiger partial charge in [0.15, 0.2) is 0 Å². The van der Waals surface area contributed by atoms with E-state index in [4.69, 9.17) is 11.6 Å². The maximum Gasteiger partial charge on any atom is 0.244 e.